The summed E-state index contributed by atoms with van der Waals surface area (Å²) in [6.45, 7) is 7.07. The molecule has 7 heteroatoms. The van der Waals surface area contributed by atoms with Gasteiger partial charge in [-0.15, -0.1) is 0 Å². The van der Waals surface area contributed by atoms with Crippen LogP contribution >= 0.6 is 0 Å². The van der Waals surface area contributed by atoms with Crippen molar-refractivity contribution in [1.29, 1.82) is 0 Å². The lowest BCUT2D eigenvalue weighted by atomic mass is 10.0. The average Bonchev–Trinajstić information content (AvgIpc) is 2.77. The van der Waals surface area contributed by atoms with Crippen LogP contribution in [0.5, 0.6) is 0 Å². The van der Waals surface area contributed by atoms with Gasteiger partial charge in [0, 0.05) is 24.3 Å². The van der Waals surface area contributed by atoms with Crippen molar-refractivity contribution < 1.29 is 19.4 Å². The molecule has 144 valence electrons. The maximum absolute atomic E-state index is 11.8. The number of hydrogen-bond acceptors (Lipinski definition) is 5. The molecule has 0 aromatic heterocycles. The van der Waals surface area contributed by atoms with Gasteiger partial charge in [-0.1, -0.05) is 32.9 Å². The van der Waals surface area contributed by atoms with Crippen LogP contribution in [0.4, 0.5) is 5.69 Å². The summed E-state index contributed by atoms with van der Waals surface area (Å²) in [6.07, 6.45) is 0.610. The number of carbonyl (C=O) groups excluding carboxylic acids is 2. The van der Waals surface area contributed by atoms with Crippen molar-refractivity contribution in [3.63, 3.8) is 0 Å². The molecule has 0 saturated carbocycles. The molecule has 0 bridgehead atoms. The van der Waals surface area contributed by atoms with Gasteiger partial charge >= 0.3 is 11.8 Å². The monoisotopic (exact) mass is 363 g/mol. The molecule has 0 aliphatic carbocycles. The van der Waals surface area contributed by atoms with E-state index in [9.17, 15) is 14.7 Å². The van der Waals surface area contributed by atoms with Crippen molar-refractivity contribution in [2.75, 3.05) is 25.0 Å². The van der Waals surface area contributed by atoms with Crippen molar-refractivity contribution >= 4 is 17.5 Å². The van der Waals surface area contributed by atoms with Gasteiger partial charge in [-0.25, -0.2) is 0 Å². The van der Waals surface area contributed by atoms with Gasteiger partial charge in [-0.05, 0) is 30.4 Å². The first-order chi connectivity index (χ1) is 12.4. The lowest BCUT2D eigenvalue weighted by molar-refractivity contribution is -0.139. The first-order valence-corrected chi connectivity index (χ1v) is 9.15. The summed E-state index contributed by atoms with van der Waals surface area (Å²) in [5, 5.41) is 18.1. The highest BCUT2D eigenvalue weighted by Gasteiger charge is 2.22. The van der Waals surface area contributed by atoms with Gasteiger partial charge in [0.05, 0.1) is 12.7 Å². The minimum Gasteiger partial charge on any atom is -0.371 e. The number of fused-ring (bicyclic) bond motifs is 1. The molecule has 7 nitrogen and oxygen atoms in total. The summed E-state index contributed by atoms with van der Waals surface area (Å²) < 4.78 is 5.73. The third-order valence-electron chi connectivity index (χ3n) is 4.19. The molecule has 0 fully saturated rings. The highest BCUT2D eigenvalue weighted by Crippen LogP contribution is 2.32. The second-order valence-corrected chi connectivity index (χ2v) is 6.92. The highest BCUT2D eigenvalue weighted by atomic mass is 16.5. The molecule has 0 radical (unpaired) electrons. The van der Waals surface area contributed by atoms with Crippen LogP contribution in [0.15, 0.2) is 18.2 Å². The van der Waals surface area contributed by atoms with Crippen LogP contribution in [-0.4, -0.2) is 42.8 Å². The zero-order valence-electron chi connectivity index (χ0n) is 15.7. The van der Waals surface area contributed by atoms with E-state index in [1.54, 1.807) is 0 Å². The molecule has 0 saturated heterocycles. The fourth-order valence-corrected chi connectivity index (χ4v) is 2.80. The molecule has 26 heavy (non-hydrogen) atoms. The van der Waals surface area contributed by atoms with Crippen LogP contribution < -0.4 is 16.0 Å². The largest absolute Gasteiger partial charge is 0.371 e. The van der Waals surface area contributed by atoms with E-state index in [0.717, 1.165) is 23.2 Å². The number of aliphatic hydroxyl groups excluding tert-OH is 1. The number of nitrogens with one attached hydrogen (secondary N) is 3. The second kappa shape index (κ2) is 9.54. The van der Waals surface area contributed by atoms with Gasteiger partial charge in [0.1, 0.15) is 6.23 Å². The molecule has 1 aliphatic rings. The third kappa shape index (κ3) is 5.71. The van der Waals surface area contributed by atoms with E-state index in [4.69, 9.17) is 4.74 Å². The summed E-state index contributed by atoms with van der Waals surface area (Å²) in [7, 11) is 0. The van der Waals surface area contributed by atoms with Gasteiger partial charge in [0.15, 0.2) is 0 Å². The second-order valence-electron chi connectivity index (χ2n) is 6.92. The molecule has 0 unspecified atom stereocenters. The number of amides is 2. The molecule has 0 spiro atoms. The SMILES string of the molecule is CC[C@@H]1OC[C@@H](O)Nc2ccc(CCNC(=O)C(=O)NCC(C)C)cc21. The summed E-state index contributed by atoms with van der Waals surface area (Å²) >= 11 is 0. The van der Waals surface area contributed by atoms with Gasteiger partial charge in [-0.2, -0.15) is 0 Å². The Morgan fingerprint density at radius 3 is 2.73 bits per heavy atom. The molecular formula is C19H29N3O4. The molecule has 2 amide bonds. The molecule has 4 N–H and O–H groups in total. The standard InChI is InChI=1S/C19H29N3O4/c1-4-16-14-9-13(5-6-15(14)22-17(23)11-26-16)7-8-20-18(24)19(25)21-10-12(2)3/h5-6,9,12,16-17,22-23H,4,7-8,10-11H2,1-3H3,(H,20,24)(H,21,25)/t16-,17+/m0/s1. The summed E-state index contributed by atoms with van der Waals surface area (Å²) in [5.74, 6) is -0.912. The molecule has 2 rings (SSSR count). The van der Waals surface area contributed by atoms with Crippen molar-refractivity contribution in [3.05, 3.63) is 29.3 Å². The Hall–Kier alpha value is -2.12. The van der Waals surface area contributed by atoms with Crippen molar-refractivity contribution in [1.82, 2.24) is 10.6 Å². The fraction of sp³-hybridized carbons (Fsp3) is 0.579. The zero-order chi connectivity index (χ0) is 19.1. The maximum atomic E-state index is 11.8. The van der Waals surface area contributed by atoms with E-state index in [1.165, 1.54) is 0 Å². The van der Waals surface area contributed by atoms with E-state index < -0.39 is 18.0 Å². The minimum atomic E-state index is -0.722. The summed E-state index contributed by atoms with van der Waals surface area (Å²) in [5.41, 5.74) is 2.90. The number of aliphatic hydroxyl groups is 1. The van der Waals surface area contributed by atoms with Gasteiger partial charge in [0.2, 0.25) is 0 Å². The van der Waals surface area contributed by atoms with E-state index in [0.29, 0.717) is 25.4 Å². The van der Waals surface area contributed by atoms with Crippen molar-refractivity contribution in [2.24, 2.45) is 5.92 Å². The minimum absolute atomic E-state index is 0.0778. The molecule has 1 aliphatic heterocycles. The van der Waals surface area contributed by atoms with E-state index in [2.05, 4.69) is 16.0 Å². The lowest BCUT2D eigenvalue weighted by Crippen LogP contribution is -2.41. The lowest BCUT2D eigenvalue weighted by Gasteiger charge is -2.16. The third-order valence-corrected chi connectivity index (χ3v) is 4.19. The molecule has 1 heterocycles. The first kappa shape index (κ1) is 20.2. The number of carbonyl (C=O) groups is 2. The predicted molar refractivity (Wildman–Crippen MR) is 99.6 cm³/mol. The van der Waals surface area contributed by atoms with Gasteiger partial charge in [-0.3, -0.25) is 9.59 Å². The Kier molecular flexibility index (Phi) is 7.41. The molecule has 1 aromatic rings. The Bertz CT molecular complexity index is 633. The van der Waals surface area contributed by atoms with Crippen LogP contribution in [0, 0.1) is 5.92 Å². The van der Waals surface area contributed by atoms with Crippen LogP contribution in [0.3, 0.4) is 0 Å². The van der Waals surface area contributed by atoms with E-state index >= 15 is 0 Å². The van der Waals surface area contributed by atoms with Crippen molar-refractivity contribution in [3.8, 4) is 0 Å². The molecule has 1 aromatic carbocycles. The average molecular weight is 363 g/mol. The van der Waals surface area contributed by atoms with Crippen LogP contribution in [-0.2, 0) is 20.7 Å². The maximum Gasteiger partial charge on any atom is 0.309 e. The first-order valence-electron chi connectivity index (χ1n) is 9.15. The number of ether oxygens (including phenoxy) is 1. The van der Waals surface area contributed by atoms with Crippen LogP contribution in [0.1, 0.15) is 44.4 Å². The summed E-state index contributed by atoms with van der Waals surface area (Å²) in [6, 6.07) is 5.89. The topological polar surface area (TPSA) is 99.7 Å². The van der Waals surface area contributed by atoms with E-state index in [1.807, 2.05) is 39.0 Å². The number of rotatable bonds is 6. The predicted octanol–water partition coefficient (Wildman–Crippen LogP) is 1.33. The highest BCUT2D eigenvalue weighted by molar-refractivity contribution is 6.35. The molecular weight excluding hydrogens is 334 g/mol. The number of hydrogen-bond donors (Lipinski definition) is 4. The Morgan fingerprint density at radius 1 is 1.31 bits per heavy atom. The summed E-state index contributed by atoms with van der Waals surface area (Å²) in [4.78, 5) is 23.4. The Balaban J connectivity index is 1.91. The number of benzene rings is 1. The Labute approximate surface area is 154 Å². The molecule has 2 atom stereocenters. The van der Waals surface area contributed by atoms with E-state index in [-0.39, 0.29) is 12.7 Å². The van der Waals surface area contributed by atoms with Gasteiger partial charge in [0.25, 0.3) is 0 Å². The number of anilines is 1. The fourth-order valence-electron chi connectivity index (χ4n) is 2.80. The zero-order valence-corrected chi connectivity index (χ0v) is 15.7. The normalized spacial score (nSPS) is 19.3. The Morgan fingerprint density at radius 2 is 2.04 bits per heavy atom. The van der Waals surface area contributed by atoms with Crippen molar-refractivity contribution in [2.45, 2.75) is 45.9 Å². The smallest absolute Gasteiger partial charge is 0.309 e. The quantitative estimate of drug-likeness (QED) is 0.572. The van der Waals surface area contributed by atoms with Crippen LogP contribution in [0.25, 0.3) is 0 Å². The van der Waals surface area contributed by atoms with Crippen LogP contribution in [0.2, 0.25) is 0 Å². The van der Waals surface area contributed by atoms with Gasteiger partial charge < -0.3 is 25.8 Å².